The summed E-state index contributed by atoms with van der Waals surface area (Å²) >= 11 is 0. The summed E-state index contributed by atoms with van der Waals surface area (Å²) in [5.74, 6) is -0.331. The molecule has 90 valence electrons. The molecule has 1 aliphatic heterocycles. The highest BCUT2D eigenvalue weighted by atomic mass is 19.1. The number of hydrogen-bond acceptors (Lipinski definition) is 3. The maximum atomic E-state index is 13.8. The molecule has 0 aromatic heterocycles. The highest BCUT2D eigenvalue weighted by molar-refractivity contribution is 5.32. The Balaban J connectivity index is 2.37. The zero-order valence-electron chi connectivity index (χ0n) is 9.82. The molecule has 4 heteroatoms. The average Bonchev–Trinajstić information content (AvgIpc) is 2.39. The largest absolute Gasteiger partial charge is 0.379 e. The van der Waals surface area contributed by atoms with Crippen LogP contribution in [0.5, 0.6) is 0 Å². The van der Waals surface area contributed by atoms with Crippen LogP contribution < -0.4 is 0 Å². The molecule has 1 aromatic carbocycles. The molecule has 0 bridgehead atoms. The summed E-state index contributed by atoms with van der Waals surface area (Å²) < 4.78 is 19.1. The highest BCUT2D eigenvalue weighted by Crippen LogP contribution is 2.30. The molecule has 1 atom stereocenters. The van der Waals surface area contributed by atoms with Gasteiger partial charge in [-0.1, -0.05) is 18.2 Å². The van der Waals surface area contributed by atoms with Crippen molar-refractivity contribution in [2.75, 3.05) is 26.3 Å². The van der Waals surface area contributed by atoms with Crippen LogP contribution in [0, 0.1) is 17.1 Å². The number of hydrogen-bond donors (Lipinski definition) is 0. The summed E-state index contributed by atoms with van der Waals surface area (Å²) in [5.41, 5.74) is -0.487. The Hall–Kier alpha value is -1.44. The van der Waals surface area contributed by atoms with Crippen molar-refractivity contribution in [3.05, 3.63) is 35.6 Å². The van der Waals surface area contributed by atoms with Crippen molar-refractivity contribution in [2.45, 2.75) is 12.5 Å². The zero-order valence-corrected chi connectivity index (χ0v) is 9.82. The molecule has 17 heavy (non-hydrogen) atoms. The van der Waals surface area contributed by atoms with Gasteiger partial charge in [0.15, 0.2) is 0 Å². The second-order valence-electron chi connectivity index (χ2n) is 4.26. The Kier molecular flexibility index (Phi) is 3.41. The number of morpholine rings is 1. The minimum atomic E-state index is -0.922. The molecule has 0 saturated carbocycles. The number of nitrogens with zero attached hydrogens (tertiary/aromatic N) is 2. The van der Waals surface area contributed by atoms with E-state index in [-0.39, 0.29) is 5.82 Å². The van der Waals surface area contributed by atoms with Gasteiger partial charge in [0, 0.05) is 18.7 Å². The van der Waals surface area contributed by atoms with Crippen LogP contribution in [0.2, 0.25) is 0 Å². The fourth-order valence-corrected chi connectivity index (χ4v) is 2.17. The third-order valence-electron chi connectivity index (χ3n) is 3.26. The third-order valence-corrected chi connectivity index (χ3v) is 3.26. The fraction of sp³-hybridized carbons (Fsp3) is 0.462. The summed E-state index contributed by atoms with van der Waals surface area (Å²) in [7, 11) is 0. The van der Waals surface area contributed by atoms with Crippen LogP contribution in [-0.4, -0.2) is 31.2 Å². The Morgan fingerprint density at radius 2 is 2.00 bits per heavy atom. The molecule has 0 radical (unpaired) electrons. The van der Waals surface area contributed by atoms with Gasteiger partial charge in [0.1, 0.15) is 11.4 Å². The van der Waals surface area contributed by atoms with E-state index >= 15 is 0 Å². The molecule has 1 saturated heterocycles. The van der Waals surface area contributed by atoms with Crippen LogP contribution in [0.4, 0.5) is 4.39 Å². The quantitative estimate of drug-likeness (QED) is 0.784. The molecule has 0 spiro atoms. The van der Waals surface area contributed by atoms with E-state index in [0.717, 1.165) is 0 Å². The number of ether oxygens (including phenoxy) is 1. The summed E-state index contributed by atoms with van der Waals surface area (Å²) in [6.07, 6.45) is 0. The Bertz CT molecular complexity index is 437. The van der Waals surface area contributed by atoms with Crippen molar-refractivity contribution in [2.24, 2.45) is 0 Å². The molecule has 1 unspecified atom stereocenters. The van der Waals surface area contributed by atoms with E-state index in [1.165, 1.54) is 6.07 Å². The van der Waals surface area contributed by atoms with Crippen molar-refractivity contribution >= 4 is 0 Å². The molecule has 1 heterocycles. The lowest BCUT2D eigenvalue weighted by Crippen LogP contribution is -2.49. The Labute approximate surface area is 100 Å². The Morgan fingerprint density at radius 1 is 1.35 bits per heavy atom. The molecule has 1 aliphatic rings. The third kappa shape index (κ3) is 2.17. The first-order valence-electron chi connectivity index (χ1n) is 5.67. The van der Waals surface area contributed by atoms with Crippen molar-refractivity contribution in [3.63, 3.8) is 0 Å². The number of nitriles is 1. The monoisotopic (exact) mass is 234 g/mol. The number of benzene rings is 1. The number of halogens is 1. The van der Waals surface area contributed by atoms with Gasteiger partial charge in [0.25, 0.3) is 0 Å². The summed E-state index contributed by atoms with van der Waals surface area (Å²) in [6, 6.07) is 8.70. The molecular formula is C13H15FN2O. The first-order chi connectivity index (χ1) is 8.18. The topological polar surface area (TPSA) is 36.3 Å². The van der Waals surface area contributed by atoms with Gasteiger partial charge in [-0.3, -0.25) is 4.90 Å². The second-order valence-corrected chi connectivity index (χ2v) is 4.26. The standard InChI is InChI=1S/C13H15FN2O/c1-13(10-15,16-6-8-17-9-7-16)11-4-2-3-5-12(11)14/h2-5H,6-9H2,1H3. The first-order valence-corrected chi connectivity index (χ1v) is 5.67. The van der Waals surface area contributed by atoms with Crippen LogP contribution in [-0.2, 0) is 10.3 Å². The maximum absolute atomic E-state index is 13.8. The van der Waals surface area contributed by atoms with Gasteiger partial charge in [-0.2, -0.15) is 5.26 Å². The molecule has 1 fully saturated rings. The smallest absolute Gasteiger partial charge is 0.134 e. The van der Waals surface area contributed by atoms with Gasteiger partial charge < -0.3 is 4.74 Å². The first kappa shape index (κ1) is 12.0. The van der Waals surface area contributed by atoms with E-state index < -0.39 is 5.54 Å². The van der Waals surface area contributed by atoms with E-state index in [2.05, 4.69) is 6.07 Å². The molecule has 0 N–H and O–H groups in total. The van der Waals surface area contributed by atoms with Gasteiger partial charge >= 0.3 is 0 Å². The van der Waals surface area contributed by atoms with E-state index in [1.54, 1.807) is 25.1 Å². The molecular weight excluding hydrogens is 219 g/mol. The zero-order chi connectivity index (χ0) is 12.3. The van der Waals surface area contributed by atoms with Crippen molar-refractivity contribution in [1.29, 1.82) is 5.26 Å². The molecule has 3 nitrogen and oxygen atoms in total. The minimum absolute atomic E-state index is 0.331. The van der Waals surface area contributed by atoms with Crippen molar-refractivity contribution < 1.29 is 9.13 Å². The predicted octanol–water partition coefficient (Wildman–Crippen LogP) is 1.90. The normalized spacial score (nSPS) is 20.5. The van der Waals surface area contributed by atoms with Crippen molar-refractivity contribution in [1.82, 2.24) is 4.90 Å². The van der Waals surface area contributed by atoms with Gasteiger partial charge in [-0.25, -0.2) is 4.39 Å². The average molecular weight is 234 g/mol. The highest BCUT2D eigenvalue weighted by Gasteiger charge is 2.36. The van der Waals surface area contributed by atoms with E-state index in [1.807, 2.05) is 4.90 Å². The van der Waals surface area contributed by atoms with Crippen LogP contribution in [0.3, 0.4) is 0 Å². The van der Waals surface area contributed by atoms with Gasteiger partial charge in [-0.15, -0.1) is 0 Å². The lowest BCUT2D eigenvalue weighted by molar-refractivity contribution is -0.000496. The summed E-state index contributed by atoms with van der Waals surface area (Å²) in [5, 5.41) is 9.42. The van der Waals surface area contributed by atoms with Crippen LogP contribution >= 0.6 is 0 Å². The Morgan fingerprint density at radius 3 is 2.59 bits per heavy atom. The molecule has 2 rings (SSSR count). The maximum Gasteiger partial charge on any atom is 0.134 e. The molecule has 0 amide bonds. The van der Waals surface area contributed by atoms with Gasteiger partial charge in [0.2, 0.25) is 0 Å². The SMILES string of the molecule is CC(C#N)(c1ccccc1F)N1CCOCC1. The summed E-state index contributed by atoms with van der Waals surface area (Å²) in [4.78, 5) is 1.97. The molecule has 0 aliphatic carbocycles. The van der Waals surface area contributed by atoms with Crippen LogP contribution in [0.15, 0.2) is 24.3 Å². The lowest BCUT2D eigenvalue weighted by atomic mass is 9.90. The van der Waals surface area contributed by atoms with E-state index in [0.29, 0.717) is 31.9 Å². The van der Waals surface area contributed by atoms with Crippen molar-refractivity contribution in [3.8, 4) is 6.07 Å². The van der Waals surface area contributed by atoms with E-state index in [9.17, 15) is 9.65 Å². The fourth-order valence-electron chi connectivity index (χ4n) is 2.17. The van der Waals surface area contributed by atoms with E-state index in [4.69, 9.17) is 4.74 Å². The molecule has 1 aromatic rings. The lowest BCUT2D eigenvalue weighted by Gasteiger charge is -2.38. The van der Waals surface area contributed by atoms with Gasteiger partial charge in [-0.05, 0) is 13.0 Å². The number of rotatable bonds is 2. The van der Waals surface area contributed by atoms with Gasteiger partial charge in [0.05, 0.1) is 19.3 Å². The minimum Gasteiger partial charge on any atom is -0.379 e. The predicted molar refractivity (Wildman–Crippen MR) is 61.8 cm³/mol. The van der Waals surface area contributed by atoms with Crippen LogP contribution in [0.1, 0.15) is 12.5 Å². The van der Waals surface area contributed by atoms with Crippen LogP contribution in [0.25, 0.3) is 0 Å². The second kappa shape index (κ2) is 4.82. The summed E-state index contributed by atoms with van der Waals surface area (Å²) in [6.45, 7) is 4.24.